The molecule has 4 nitrogen and oxygen atoms in total. The van der Waals surface area contributed by atoms with Gasteiger partial charge in [-0.3, -0.25) is 4.79 Å². The molecule has 0 aromatic heterocycles. The van der Waals surface area contributed by atoms with Crippen molar-refractivity contribution in [3.63, 3.8) is 0 Å². The zero-order valence-corrected chi connectivity index (χ0v) is 11.5. The lowest BCUT2D eigenvalue weighted by Gasteiger charge is -2.09. The summed E-state index contributed by atoms with van der Waals surface area (Å²) in [6, 6.07) is 9.40. The highest BCUT2D eigenvalue weighted by Gasteiger charge is 2.08. The number of aryl methyl sites for hydroxylation is 1. The molecule has 0 aliphatic heterocycles. The molecule has 0 fully saturated rings. The third-order valence-corrected chi connectivity index (χ3v) is 2.77. The van der Waals surface area contributed by atoms with Crippen molar-refractivity contribution in [3.8, 4) is 11.8 Å². The van der Waals surface area contributed by atoms with Gasteiger partial charge in [0.25, 0.3) is 0 Å². The monoisotopic (exact) mass is 260 g/mol. The van der Waals surface area contributed by atoms with E-state index in [9.17, 15) is 4.79 Å². The Balaban J connectivity index is 2.40. The van der Waals surface area contributed by atoms with Gasteiger partial charge in [0.2, 0.25) is 5.91 Å². The van der Waals surface area contributed by atoms with Crippen LogP contribution in [0.2, 0.25) is 0 Å². The van der Waals surface area contributed by atoms with E-state index in [1.807, 2.05) is 38.1 Å². The molecule has 1 aromatic rings. The molecule has 4 heteroatoms. The average molecular weight is 260 g/mol. The van der Waals surface area contributed by atoms with Gasteiger partial charge in [-0.15, -0.1) is 0 Å². The van der Waals surface area contributed by atoms with Crippen LogP contribution in [0.15, 0.2) is 24.3 Å². The number of rotatable bonds is 7. The van der Waals surface area contributed by atoms with Crippen molar-refractivity contribution in [1.29, 1.82) is 5.26 Å². The fourth-order valence-corrected chi connectivity index (χ4v) is 1.67. The number of nitrogens with one attached hydrogen (secondary N) is 1. The van der Waals surface area contributed by atoms with Crippen molar-refractivity contribution in [2.75, 3.05) is 6.61 Å². The second-order valence-corrected chi connectivity index (χ2v) is 4.23. The van der Waals surface area contributed by atoms with E-state index in [4.69, 9.17) is 10.00 Å². The Kier molecular flexibility index (Phi) is 6.45. The van der Waals surface area contributed by atoms with Gasteiger partial charge in [-0.25, -0.2) is 0 Å². The van der Waals surface area contributed by atoms with Gasteiger partial charge in [-0.1, -0.05) is 19.1 Å². The third-order valence-electron chi connectivity index (χ3n) is 2.77. The summed E-state index contributed by atoms with van der Waals surface area (Å²) in [5, 5.41) is 11.5. The van der Waals surface area contributed by atoms with E-state index >= 15 is 0 Å². The Morgan fingerprint density at radius 2 is 2.05 bits per heavy atom. The summed E-state index contributed by atoms with van der Waals surface area (Å²) < 4.78 is 5.35. The molecule has 0 aliphatic carbocycles. The number of ether oxygens (including phenoxy) is 1. The first-order valence-electron chi connectivity index (χ1n) is 6.60. The molecule has 0 spiro atoms. The summed E-state index contributed by atoms with van der Waals surface area (Å²) in [6.45, 7) is 4.46. The SMILES string of the molecule is CCOc1ccc(CCC(=O)N[C@@H](C#N)CC)cc1. The standard InChI is InChI=1S/C15H20N2O2/c1-3-13(11-16)17-15(18)10-7-12-5-8-14(9-6-12)19-4-2/h5-6,8-9,13H,3-4,7,10H2,1-2H3,(H,17,18)/t13-/m1/s1. The minimum Gasteiger partial charge on any atom is -0.494 e. The molecule has 0 saturated heterocycles. The van der Waals surface area contributed by atoms with Crippen LogP contribution in [-0.2, 0) is 11.2 Å². The molecule has 0 radical (unpaired) electrons. The Hall–Kier alpha value is -2.02. The van der Waals surface area contributed by atoms with Crippen LogP contribution in [0, 0.1) is 11.3 Å². The molecule has 0 aliphatic rings. The first-order valence-corrected chi connectivity index (χ1v) is 6.60. The second-order valence-electron chi connectivity index (χ2n) is 4.23. The predicted octanol–water partition coefficient (Wildman–Crippen LogP) is 2.44. The molecule has 0 bridgehead atoms. The molecule has 19 heavy (non-hydrogen) atoms. The summed E-state index contributed by atoms with van der Waals surface area (Å²) in [5.41, 5.74) is 1.09. The Morgan fingerprint density at radius 3 is 2.58 bits per heavy atom. The number of amides is 1. The van der Waals surface area contributed by atoms with E-state index in [1.54, 1.807) is 0 Å². The van der Waals surface area contributed by atoms with Crippen molar-refractivity contribution in [2.24, 2.45) is 0 Å². The normalized spacial score (nSPS) is 11.4. The third kappa shape index (κ3) is 5.43. The van der Waals surface area contributed by atoms with Crippen LogP contribution in [-0.4, -0.2) is 18.6 Å². The highest BCUT2D eigenvalue weighted by Crippen LogP contribution is 2.13. The first kappa shape index (κ1) is 15.0. The molecular formula is C15H20N2O2. The van der Waals surface area contributed by atoms with Gasteiger partial charge in [-0.05, 0) is 37.5 Å². The van der Waals surface area contributed by atoms with Crippen LogP contribution in [0.1, 0.15) is 32.3 Å². The second kappa shape index (κ2) is 8.15. The van der Waals surface area contributed by atoms with Crippen molar-refractivity contribution in [2.45, 2.75) is 39.2 Å². The fourth-order valence-electron chi connectivity index (χ4n) is 1.67. The number of carbonyl (C=O) groups is 1. The summed E-state index contributed by atoms with van der Waals surface area (Å²) in [7, 11) is 0. The van der Waals surface area contributed by atoms with Crippen molar-refractivity contribution >= 4 is 5.91 Å². The number of nitriles is 1. The van der Waals surface area contributed by atoms with Crippen LogP contribution >= 0.6 is 0 Å². The summed E-state index contributed by atoms with van der Waals surface area (Å²) in [6.07, 6.45) is 1.69. The van der Waals surface area contributed by atoms with E-state index < -0.39 is 0 Å². The molecular weight excluding hydrogens is 240 g/mol. The molecule has 0 saturated carbocycles. The van der Waals surface area contributed by atoms with Gasteiger partial charge >= 0.3 is 0 Å². The Morgan fingerprint density at radius 1 is 1.37 bits per heavy atom. The Bertz CT molecular complexity index is 434. The largest absolute Gasteiger partial charge is 0.494 e. The van der Waals surface area contributed by atoms with Crippen LogP contribution in [0.3, 0.4) is 0 Å². The minimum absolute atomic E-state index is 0.0812. The lowest BCUT2D eigenvalue weighted by atomic mass is 10.1. The molecule has 1 N–H and O–H groups in total. The van der Waals surface area contributed by atoms with Crippen molar-refractivity contribution < 1.29 is 9.53 Å². The highest BCUT2D eigenvalue weighted by molar-refractivity contribution is 5.76. The number of hydrogen-bond donors (Lipinski definition) is 1. The van der Waals surface area contributed by atoms with Crippen molar-refractivity contribution in [3.05, 3.63) is 29.8 Å². The summed E-state index contributed by atoms with van der Waals surface area (Å²) in [4.78, 5) is 11.6. The van der Waals surface area contributed by atoms with E-state index in [0.29, 0.717) is 25.9 Å². The van der Waals surface area contributed by atoms with Gasteiger partial charge in [0, 0.05) is 6.42 Å². The van der Waals surface area contributed by atoms with Crippen LogP contribution in [0.4, 0.5) is 0 Å². The van der Waals surface area contributed by atoms with Crippen molar-refractivity contribution in [1.82, 2.24) is 5.32 Å². The van der Waals surface area contributed by atoms with Gasteiger partial charge in [-0.2, -0.15) is 5.26 Å². The first-order chi connectivity index (χ1) is 9.19. The van der Waals surface area contributed by atoms with E-state index in [-0.39, 0.29) is 11.9 Å². The van der Waals surface area contributed by atoms with Gasteiger partial charge < -0.3 is 10.1 Å². The van der Waals surface area contributed by atoms with Gasteiger partial charge in [0.1, 0.15) is 11.8 Å². The van der Waals surface area contributed by atoms with Crippen LogP contribution < -0.4 is 10.1 Å². The zero-order chi connectivity index (χ0) is 14.1. The lowest BCUT2D eigenvalue weighted by Crippen LogP contribution is -2.33. The fraction of sp³-hybridized carbons (Fsp3) is 0.467. The molecule has 0 heterocycles. The lowest BCUT2D eigenvalue weighted by molar-refractivity contribution is -0.121. The highest BCUT2D eigenvalue weighted by atomic mass is 16.5. The van der Waals surface area contributed by atoms with E-state index in [1.165, 1.54) is 0 Å². The Labute approximate surface area is 114 Å². The average Bonchev–Trinajstić information content (AvgIpc) is 2.44. The summed E-state index contributed by atoms with van der Waals surface area (Å²) in [5.74, 6) is 0.758. The van der Waals surface area contributed by atoms with E-state index in [2.05, 4.69) is 11.4 Å². The maximum absolute atomic E-state index is 11.6. The number of hydrogen-bond acceptors (Lipinski definition) is 3. The molecule has 0 unspecified atom stereocenters. The van der Waals surface area contributed by atoms with Crippen LogP contribution in [0.25, 0.3) is 0 Å². The minimum atomic E-state index is -0.382. The smallest absolute Gasteiger partial charge is 0.221 e. The molecule has 1 rings (SSSR count). The quantitative estimate of drug-likeness (QED) is 0.819. The predicted molar refractivity (Wildman–Crippen MR) is 73.8 cm³/mol. The maximum Gasteiger partial charge on any atom is 0.221 e. The molecule has 102 valence electrons. The molecule has 1 atom stereocenters. The number of carbonyl (C=O) groups excluding carboxylic acids is 1. The topological polar surface area (TPSA) is 62.1 Å². The number of nitrogens with zero attached hydrogens (tertiary/aromatic N) is 1. The summed E-state index contributed by atoms with van der Waals surface area (Å²) >= 11 is 0. The van der Waals surface area contributed by atoms with E-state index in [0.717, 1.165) is 11.3 Å². The van der Waals surface area contributed by atoms with Crippen LogP contribution in [0.5, 0.6) is 5.75 Å². The molecule has 1 amide bonds. The number of benzene rings is 1. The zero-order valence-electron chi connectivity index (χ0n) is 11.5. The van der Waals surface area contributed by atoms with Gasteiger partial charge in [0.05, 0.1) is 12.7 Å². The molecule has 1 aromatic carbocycles. The van der Waals surface area contributed by atoms with Gasteiger partial charge in [0.15, 0.2) is 0 Å². The maximum atomic E-state index is 11.6.